The van der Waals surface area contributed by atoms with Gasteiger partial charge in [0.25, 0.3) is 0 Å². The minimum atomic E-state index is 0.606. The molecule has 0 aromatic heterocycles. The van der Waals surface area contributed by atoms with Crippen molar-refractivity contribution in [2.24, 2.45) is 0 Å². The van der Waals surface area contributed by atoms with Crippen LogP contribution < -0.4 is 4.90 Å². The molecule has 2 rings (SSSR count). The molecule has 0 saturated carbocycles. The van der Waals surface area contributed by atoms with Crippen LogP contribution in [0.25, 0.3) is 6.08 Å². The number of hydrogen-bond acceptors (Lipinski definition) is 3. The Kier molecular flexibility index (Phi) is 11.5. The number of hydrogen-bond donors (Lipinski definition) is 0. The minimum Gasteiger partial charge on any atom is -0.361 e. The van der Waals surface area contributed by atoms with E-state index in [1.807, 2.05) is 27.9 Å². The predicted octanol–water partition coefficient (Wildman–Crippen LogP) is 5.99. The second kappa shape index (κ2) is 14.4. The third-order valence-electron chi connectivity index (χ3n) is 5.14. The second-order valence-corrected chi connectivity index (χ2v) is 7.82. The number of rotatable bonds is 12. The van der Waals surface area contributed by atoms with E-state index in [4.69, 9.17) is 9.47 Å². The van der Waals surface area contributed by atoms with Gasteiger partial charge in [-0.25, -0.2) is 4.58 Å². The zero-order valence-electron chi connectivity index (χ0n) is 20.4. The standard InChI is InChI=1S/C28H39N2O2/c1-6-10-25(21-26-15-19-28(20-16-26)30(5)23-32-8-3)12-9-11-24-13-17-27(18-14-24)29(4)22-31-7-2/h9,11-21H,6-8,10,22-23H2,1-5H3/q+1. The first kappa shape index (κ1) is 25.6. The van der Waals surface area contributed by atoms with Gasteiger partial charge in [0.15, 0.2) is 0 Å². The van der Waals surface area contributed by atoms with Crippen LogP contribution in [0, 0.1) is 0 Å². The maximum atomic E-state index is 5.48. The second-order valence-electron chi connectivity index (χ2n) is 7.82. The maximum Gasteiger partial charge on any atom is 0.247 e. The lowest BCUT2D eigenvalue weighted by molar-refractivity contribution is -0.539. The van der Waals surface area contributed by atoms with E-state index >= 15 is 0 Å². The Bertz CT molecular complexity index is 869. The molecule has 0 aliphatic heterocycles. The van der Waals surface area contributed by atoms with E-state index in [2.05, 4.69) is 89.3 Å². The quantitative estimate of drug-likeness (QED) is 0.229. The summed E-state index contributed by atoms with van der Waals surface area (Å²) in [5, 5.41) is 0. The topological polar surface area (TPSA) is 24.7 Å². The van der Waals surface area contributed by atoms with Crippen LogP contribution >= 0.6 is 0 Å². The first-order chi connectivity index (χ1) is 15.6. The number of allylic oxidation sites excluding steroid dienone is 9. The fraction of sp³-hybridized carbons (Fsp3) is 0.393. The van der Waals surface area contributed by atoms with Crippen LogP contribution in [0.1, 0.15) is 39.2 Å². The van der Waals surface area contributed by atoms with Crippen LogP contribution in [0.4, 0.5) is 5.69 Å². The van der Waals surface area contributed by atoms with Gasteiger partial charge in [0, 0.05) is 31.5 Å². The van der Waals surface area contributed by atoms with Gasteiger partial charge in [0.1, 0.15) is 13.8 Å². The zero-order chi connectivity index (χ0) is 23.2. The van der Waals surface area contributed by atoms with E-state index in [9.17, 15) is 0 Å². The summed E-state index contributed by atoms with van der Waals surface area (Å²) in [6, 6.07) is 8.54. The molecule has 0 fully saturated rings. The molecule has 172 valence electrons. The molecule has 32 heavy (non-hydrogen) atoms. The predicted molar refractivity (Wildman–Crippen MR) is 137 cm³/mol. The van der Waals surface area contributed by atoms with Crippen molar-refractivity contribution in [3.63, 3.8) is 0 Å². The summed E-state index contributed by atoms with van der Waals surface area (Å²) in [5.74, 6) is 0. The van der Waals surface area contributed by atoms with Crippen LogP contribution in [0.3, 0.4) is 0 Å². The van der Waals surface area contributed by atoms with Crippen molar-refractivity contribution in [2.75, 3.05) is 45.7 Å². The molecule has 0 radical (unpaired) electrons. The van der Waals surface area contributed by atoms with Crippen LogP contribution in [-0.4, -0.2) is 51.1 Å². The molecule has 0 spiro atoms. The molecular formula is C28H39N2O2+. The van der Waals surface area contributed by atoms with E-state index in [0.29, 0.717) is 13.5 Å². The van der Waals surface area contributed by atoms with Crippen LogP contribution in [0.15, 0.2) is 77.9 Å². The average Bonchev–Trinajstić information content (AvgIpc) is 2.82. The molecule has 0 heterocycles. The molecule has 0 N–H and O–H groups in total. The summed E-state index contributed by atoms with van der Waals surface area (Å²) in [7, 11) is 4.09. The molecule has 1 aliphatic carbocycles. The third kappa shape index (κ3) is 8.81. The van der Waals surface area contributed by atoms with Crippen molar-refractivity contribution in [1.29, 1.82) is 0 Å². The third-order valence-corrected chi connectivity index (χ3v) is 5.14. The van der Waals surface area contributed by atoms with Gasteiger partial charge in [0.2, 0.25) is 12.4 Å². The highest BCUT2D eigenvalue weighted by molar-refractivity contribution is 6.02. The minimum absolute atomic E-state index is 0.606. The van der Waals surface area contributed by atoms with Crippen LogP contribution in [0.5, 0.6) is 0 Å². The lowest BCUT2D eigenvalue weighted by Crippen LogP contribution is -2.20. The SMILES string of the molecule is CCC/C(C=C1C=CC(=[N+](C)COCC)C=C1)=C\C=C\c1ccc(N(C)COCC)cc1. The highest BCUT2D eigenvalue weighted by atomic mass is 16.5. The molecule has 1 aromatic carbocycles. The zero-order valence-corrected chi connectivity index (χ0v) is 20.4. The molecule has 4 heteroatoms. The van der Waals surface area contributed by atoms with Gasteiger partial charge < -0.3 is 14.4 Å². The van der Waals surface area contributed by atoms with E-state index in [0.717, 1.165) is 37.5 Å². The first-order valence-electron chi connectivity index (χ1n) is 11.6. The van der Waals surface area contributed by atoms with Gasteiger partial charge in [-0.05, 0) is 61.3 Å². The van der Waals surface area contributed by atoms with Gasteiger partial charge in [-0.1, -0.05) is 49.8 Å². The Hall–Kier alpha value is -2.69. The first-order valence-corrected chi connectivity index (χ1v) is 11.6. The monoisotopic (exact) mass is 435 g/mol. The smallest absolute Gasteiger partial charge is 0.247 e. The normalized spacial score (nSPS) is 13.8. The van der Waals surface area contributed by atoms with E-state index < -0.39 is 0 Å². The van der Waals surface area contributed by atoms with E-state index in [1.54, 1.807) is 0 Å². The van der Waals surface area contributed by atoms with E-state index in [1.165, 1.54) is 16.7 Å². The maximum absolute atomic E-state index is 5.48. The fourth-order valence-corrected chi connectivity index (χ4v) is 3.26. The molecule has 0 saturated heterocycles. The van der Waals surface area contributed by atoms with Crippen molar-refractivity contribution >= 4 is 17.5 Å². The molecule has 0 unspecified atom stereocenters. The van der Waals surface area contributed by atoms with Crippen molar-refractivity contribution < 1.29 is 14.0 Å². The van der Waals surface area contributed by atoms with Gasteiger partial charge in [-0.2, -0.15) is 0 Å². The molecular weight excluding hydrogens is 396 g/mol. The Balaban J connectivity index is 2.04. The van der Waals surface area contributed by atoms with Gasteiger partial charge in [0.05, 0.1) is 6.61 Å². The van der Waals surface area contributed by atoms with Gasteiger partial charge in [-0.15, -0.1) is 0 Å². The highest BCUT2D eigenvalue weighted by Crippen LogP contribution is 2.17. The number of anilines is 1. The Labute approximate surface area is 194 Å². The van der Waals surface area contributed by atoms with Gasteiger partial charge >= 0.3 is 0 Å². The van der Waals surface area contributed by atoms with Gasteiger partial charge in [-0.3, -0.25) is 0 Å². The Morgan fingerprint density at radius 3 is 2.28 bits per heavy atom. The fourth-order valence-electron chi connectivity index (χ4n) is 3.26. The van der Waals surface area contributed by atoms with Crippen molar-refractivity contribution in [1.82, 2.24) is 0 Å². The highest BCUT2D eigenvalue weighted by Gasteiger charge is 2.07. The Morgan fingerprint density at radius 1 is 0.969 bits per heavy atom. The van der Waals surface area contributed by atoms with Crippen molar-refractivity contribution in [3.8, 4) is 0 Å². The molecule has 1 aliphatic rings. The number of benzene rings is 1. The summed E-state index contributed by atoms with van der Waals surface area (Å²) in [4.78, 5) is 2.10. The van der Waals surface area contributed by atoms with Crippen LogP contribution in [-0.2, 0) is 9.47 Å². The molecule has 0 atom stereocenters. The molecule has 0 amide bonds. The van der Waals surface area contributed by atoms with Crippen molar-refractivity contribution in [3.05, 3.63) is 83.5 Å². The molecule has 0 bridgehead atoms. The summed E-state index contributed by atoms with van der Waals surface area (Å²) in [5.41, 5.74) is 6.04. The lowest BCUT2D eigenvalue weighted by Gasteiger charge is -2.18. The summed E-state index contributed by atoms with van der Waals surface area (Å²) in [6.07, 6.45) is 19.6. The number of ether oxygens (including phenoxy) is 2. The number of nitrogens with zero attached hydrogens (tertiary/aromatic N) is 2. The van der Waals surface area contributed by atoms with Crippen LogP contribution in [0.2, 0.25) is 0 Å². The average molecular weight is 436 g/mol. The molecule has 4 nitrogen and oxygen atoms in total. The Morgan fingerprint density at radius 2 is 1.66 bits per heavy atom. The largest absolute Gasteiger partial charge is 0.361 e. The summed E-state index contributed by atoms with van der Waals surface area (Å²) < 4.78 is 13.1. The summed E-state index contributed by atoms with van der Waals surface area (Å²) in [6.45, 7) is 8.91. The summed E-state index contributed by atoms with van der Waals surface area (Å²) >= 11 is 0. The molecule has 1 aromatic rings. The van der Waals surface area contributed by atoms with E-state index in [-0.39, 0.29) is 0 Å². The lowest BCUT2D eigenvalue weighted by atomic mass is 10.0. The van der Waals surface area contributed by atoms with Crippen molar-refractivity contribution in [2.45, 2.75) is 33.6 Å².